The standard InChI is InChI=1S/C22H29ClO4/c1-27-21(26)7-5-3-2-4-6-17-18(23)13-20(25)22(17)15-8-10-16-14(12-15)9-11-19(16)24/h2,4,8,10,12,17-20,22,24-25H,3,5-7,9,11,13H2,1H3/b4-2-/t17-,18+,19?,20+,22+/m0/s1. The molecule has 0 amide bonds. The number of benzene rings is 1. The summed E-state index contributed by atoms with van der Waals surface area (Å²) < 4.78 is 4.64. The van der Waals surface area contributed by atoms with Crippen molar-refractivity contribution in [1.29, 1.82) is 0 Å². The van der Waals surface area contributed by atoms with Crippen molar-refractivity contribution < 1.29 is 19.7 Å². The van der Waals surface area contributed by atoms with E-state index in [0.29, 0.717) is 12.8 Å². The maximum atomic E-state index is 11.1. The minimum absolute atomic E-state index is 0.0234. The molecule has 4 nitrogen and oxygen atoms in total. The second-order valence-electron chi connectivity index (χ2n) is 7.70. The third kappa shape index (κ3) is 4.74. The van der Waals surface area contributed by atoms with Gasteiger partial charge in [0.2, 0.25) is 0 Å². The summed E-state index contributed by atoms with van der Waals surface area (Å²) in [5.41, 5.74) is 3.35. The first-order valence-corrected chi connectivity index (χ1v) is 10.3. The number of esters is 1. The topological polar surface area (TPSA) is 66.8 Å². The largest absolute Gasteiger partial charge is 0.469 e. The molecular weight excluding hydrogens is 364 g/mol. The van der Waals surface area contributed by atoms with Gasteiger partial charge < -0.3 is 14.9 Å². The highest BCUT2D eigenvalue weighted by Gasteiger charge is 2.42. The number of ether oxygens (including phenoxy) is 1. The molecule has 0 saturated heterocycles. The van der Waals surface area contributed by atoms with Gasteiger partial charge in [-0.3, -0.25) is 4.79 Å². The van der Waals surface area contributed by atoms with Crippen LogP contribution in [0.2, 0.25) is 0 Å². The summed E-state index contributed by atoms with van der Waals surface area (Å²) in [5.74, 6) is 0.0306. The molecular formula is C22H29ClO4. The average Bonchev–Trinajstić information content (AvgIpc) is 3.16. The number of unbranched alkanes of at least 4 members (excludes halogenated alkanes) is 1. The second-order valence-corrected chi connectivity index (χ2v) is 8.26. The highest BCUT2D eigenvalue weighted by atomic mass is 35.5. The van der Waals surface area contributed by atoms with Gasteiger partial charge in [-0.05, 0) is 61.1 Å². The highest BCUT2D eigenvalue weighted by Crippen LogP contribution is 2.46. The predicted molar refractivity (Wildman–Crippen MR) is 106 cm³/mol. The Kier molecular flexibility index (Phi) is 6.96. The zero-order valence-corrected chi connectivity index (χ0v) is 16.6. The van der Waals surface area contributed by atoms with Crippen LogP contribution in [0.5, 0.6) is 0 Å². The SMILES string of the molecule is COC(=O)CCC/C=C\C[C@@H]1[C@@H](c2ccc3c(c2)CCC3O)[C@H](O)C[C@H]1Cl. The van der Waals surface area contributed by atoms with Crippen LogP contribution in [-0.2, 0) is 16.0 Å². The Labute approximate surface area is 166 Å². The minimum Gasteiger partial charge on any atom is -0.469 e. The summed E-state index contributed by atoms with van der Waals surface area (Å²) in [4.78, 5) is 11.1. The Morgan fingerprint density at radius 1 is 1.33 bits per heavy atom. The van der Waals surface area contributed by atoms with Crippen molar-refractivity contribution in [3.63, 3.8) is 0 Å². The molecule has 1 aromatic rings. The molecule has 1 saturated carbocycles. The van der Waals surface area contributed by atoms with Crippen molar-refractivity contribution in [3.8, 4) is 0 Å². The molecule has 148 valence electrons. The molecule has 27 heavy (non-hydrogen) atoms. The fourth-order valence-electron chi connectivity index (χ4n) is 4.49. The van der Waals surface area contributed by atoms with Crippen LogP contribution < -0.4 is 0 Å². The highest BCUT2D eigenvalue weighted by molar-refractivity contribution is 6.21. The molecule has 0 spiro atoms. The summed E-state index contributed by atoms with van der Waals surface area (Å²) >= 11 is 6.56. The Morgan fingerprint density at radius 3 is 2.93 bits per heavy atom. The lowest BCUT2D eigenvalue weighted by Gasteiger charge is -2.23. The maximum absolute atomic E-state index is 11.1. The first kappa shape index (κ1) is 20.4. The van der Waals surface area contributed by atoms with Gasteiger partial charge in [0, 0.05) is 17.7 Å². The van der Waals surface area contributed by atoms with E-state index < -0.39 is 6.10 Å². The van der Waals surface area contributed by atoms with Crippen LogP contribution in [-0.4, -0.2) is 34.8 Å². The van der Waals surface area contributed by atoms with Crippen molar-refractivity contribution in [2.45, 2.75) is 68.4 Å². The van der Waals surface area contributed by atoms with Gasteiger partial charge in [-0.2, -0.15) is 0 Å². The molecule has 1 unspecified atom stereocenters. The van der Waals surface area contributed by atoms with Gasteiger partial charge in [0.25, 0.3) is 0 Å². The molecule has 2 aliphatic carbocycles. The first-order valence-electron chi connectivity index (χ1n) is 9.86. The Hall–Kier alpha value is -1.36. The number of methoxy groups -OCH3 is 1. The number of hydrogen-bond acceptors (Lipinski definition) is 4. The van der Waals surface area contributed by atoms with Gasteiger partial charge in [0.15, 0.2) is 0 Å². The van der Waals surface area contributed by atoms with Crippen LogP contribution >= 0.6 is 11.6 Å². The van der Waals surface area contributed by atoms with Gasteiger partial charge in [-0.15, -0.1) is 11.6 Å². The van der Waals surface area contributed by atoms with Gasteiger partial charge in [-0.25, -0.2) is 0 Å². The van der Waals surface area contributed by atoms with E-state index in [4.69, 9.17) is 11.6 Å². The Bertz CT molecular complexity index is 687. The van der Waals surface area contributed by atoms with Crippen molar-refractivity contribution >= 4 is 17.6 Å². The molecule has 0 radical (unpaired) electrons. The number of carbonyl (C=O) groups excluding carboxylic acids is 1. The number of aryl methyl sites for hydroxylation is 1. The third-order valence-electron chi connectivity index (χ3n) is 5.96. The molecule has 0 aromatic heterocycles. The molecule has 0 heterocycles. The molecule has 3 rings (SSSR count). The number of halogens is 1. The van der Waals surface area contributed by atoms with Crippen LogP contribution in [0.15, 0.2) is 30.4 Å². The number of aliphatic hydroxyl groups is 2. The van der Waals surface area contributed by atoms with E-state index in [9.17, 15) is 15.0 Å². The predicted octanol–water partition coefficient (Wildman–Crippen LogP) is 4.03. The van der Waals surface area contributed by atoms with E-state index in [2.05, 4.69) is 23.0 Å². The molecule has 0 bridgehead atoms. The van der Waals surface area contributed by atoms with Crippen LogP contribution in [0.25, 0.3) is 0 Å². The van der Waals surface area contributed by atoms with Crippen LogP contribution in [0, 0.1) is 5.92 Å². The van der Waals surface area contributed by atoms with E-state index in [1.807, 2.05) is 12.1 Å². The number of hydrogen-bond donors (Lipinski definition) is 2. The van der Waals surface area contributed by atoms with E-state index in [1.54, 1.807) is 0 Å². The van der Waals surface area contributed by atoms with Crippen LogP contribution in [0.4, 0.5) is 0 Å². The molecule has 2 aliphatic rings. The summed E-state index contributed by atoms with van der Waals surface area (Å²) in [5, 5.41) is 20.6. The maximum Gasteiger partial charge on any atom is 0.305 e. The zero-order valence-electron chi connectivity index (χ0n) is 15.8. The number of carbonyl (C=O) groups is 1. The smallest absolute Gasteiger partial charge is 0.305 e. The summed E-state index contributed by atoms with van der Waals surface area (Å²) in [7, 11) is 1.41. The van der Waals surface area contributed by atoms with E-state index in [0.717, 1.165) is 43.2 Å². The lowest BCUT2D eigenvalue weighted by atomic mass is 9.84. The molecule has 1 aromatic carbocycles. The molecule has 1 fully saturated rings. The fraction of sp³-hybridized carbons (Fsp3) is 0.591. The van der Waals surface area contributed by atoms with Gasteiger partial charge in [-0.1, -0.05) is 30.4 Å². The van der Waals surface area contributed by atoms with Gasteiger partial charge in [0.1, 0.15) is 0 Å². The monoisotopic (exact) mass is 392 g/mol. The fourth-order valence-corrected chi connectivity index (χ4v) is 4.93. The minimum atomic E-state index is -0.436. The van der Waals surface area contributed by atoms with E-state index in [1.165, 1.54) is 12.7 Å². The summed E-state index contributed by atoms with van der Waals surface area (Å²) in [6.07, 6.45) is 8.56. The Morgan fingerprint density at radius 2 is 2.15 bits per heavy atom. The zero-order chi connectivity index (χ0) is 19.4. The molecule has 0 aliphatic heterocycles. The number of aliphatic hydroxyl groups excluding tert-OH is 2. The Balaban J connectivity index is 1.63. The lowest BCUT2D eigenvalue weighted by Crippen LogP contribution is -2.18. The lowest BCUT2D eigenvalue weighted by molar-refractivity contribution is -0.140. The summed E-state index contributed by atoms with van der Waals surface area (Å²) in [6.45, 7) is 0. The van der Waals surface area contributed by atoms with Crippen molar-refractivity contribution in [3.05, 3.63) is 47.0 Å². The van der Waals surface area contributed by atoms with Crippen molar-refractivity contribution in [1.82, 2.24) is 0 Å². The van der Waals surface area contributed by atoms with Crippen LogP contribution in [0.1, 0.15) is 67.2 Å². The summed E-state index contributed by atoms with van der Waals surface area (Å²) in [6, 6.07) is 6.21. The second kappa shape index (κ2) is 9.22. The van der Waals surface area contributed by atoms with Crippen molar-refractivity contribution in [2.24, 2.45) is 5.92 Å². The van der Waals surface area contributed by atoms with Gasteiger partial charge in [0.05, 0.1) is 19.3 Å². The number of fused-ring (bicyclic) bond motifs is 1. The first-order chi connectivity index (χ1) is 13.0. The van der Waals surface area contributed by atoms with Crippen molar-refractivity contribution in [2.75, 3.05) is 7.11 Å². The van der Waals surface area contributed by atoms with Gasteiger partial charge >= 0.3 is 5.97 Å². The number of alkyl halides is 1. The van der Waals surface area contributed by atoms with E-state index in [-0.39, 0.29) is 29.3 Å². The normalized spacial score (nSPS) is 30.0. The average molecular weight is 393 g/mol. The number of allylic oxidation sites excluding steroid dienone is 2. The number of rotatable bonds is 7. The third-order valence-corrected chi connectivity index (χ3v) is 6.46. The quantitative estimate of drug-likeness (QED) is 0.318. The van der Waals surface area contributed by atoms with Crippen LogP contribution in [0.3, 0.4) is 0 Å². The molecule has 5 heteroatoms. The molecule has 2 N–H and O–H groups in total. The molecule has 5 atom stereocenters. The van der Waals surface area contributed by atoms with E-state index >= 15 is 0 Å².